The molecule has 0 amide bonds. The van der Waals surface area contributed by atoms with Crippen molar-refractivity contribution >= 4 is 44.1 Å². The number of nitrogens with zero attached hydrogens (tertiary/aromatic N) is 2. The lowest BCUT2D eigenvalue weighted by Crippen LogP contribution is -2.35. The number of hydrogen-bond acceptors (Lipinski definition) is 4. The maximum Gasteiger partial charge on any atom is 0.281 e. The Bertz CT molecular complexity index is 1380. The zero-order valence-electron chi connectivity index (χ0n) is 14.7. The van der Waals surface area contributed by atoms with Gasteiger partial charge in [-0.05, 0) is 48.5 Å². The van der Waals surface area contributed by atoms with Crippen molar-refractivity contribution in [2.45, 2.75) is 4.90 Å². The molecule has 29 heavy (non-hydrogen) atoms. The van der Waals surface area contributed by atoms with Crippen LogP contribution in [0.3, 0.4) is 0 Å². The third-order valence-corrected chi connectivity index (χ3v) is 6.00. The van der Waals surface area contributed by atoms with Crippen LogP contribution in [-0.2, 0) is 10.0 Å². The smallest absolute Gasteiger partial charge is 0.267 e. The molecule has 0 aliphatic rings. The molecule has 6 nitrogen and oxygen atoms in total. The van der Waals surface area contributed by atoms with Gasteiger partial charge in [-0.1, -0.05) is 47.5 Å². The maximum absolute atomic E-state index is 13.1. The van der Waals surface area contributed by atoms with E-state index in [0.717, 1.165) is 4.68 Å². The summed E-state index contributed by atoms with van der Waals surface area (Å²) in [5, 5.41) is 1.10. The molecular weight excluding hydrogens is 433 g/mol. The van der Waals surface area contributed by atoms with Gasteiger partial charge in [-0.2, -0.15) is 13.1 Å². The summed E-state index contributed by atoms with van der Waals surface area (Å²) in [6.45, 7) is 0. The lowest BCUT2D eigenvalue weighted by atomic mass is 10.2. The molecule has 0 atom stereocenters. The molecule has 3 aromatic carbocycles. The number of rotatable bonds is 4. The number of sulfonamides is 1. The van der Waals surface area contributed by atoms with Crippen molar-refractivity contribution in [2.75, 3.05) is 4.83 Å². The molecule has 0 saturated carbocycles. The first-order chi connectivity index (χ1) is 13.8. The van der Waals surface area contributed by atoms with Gasteiger partial charge in [0.05, 0.1) is 15.8 Å². The topological polar surface area (TPSA) is 81.1 Å². The van der Waals surface area contributed by atoms with Crippen LogP contribution in [0.4, 0.5) is 0 Å². The molecule has 4 rings (SSSR count). The molecule has 0 aliphatic heterocycles. The number of hydrogen-bond donors (Lipinski definition) is 1. The van der Waals surface area contributed by atoms with Gasteiger partial charge in [0.25, 0.3) is 15.6 Å². The Hall–Kier alpha value is -2.87. The number of nitrogens with one attached hydrogen (secondary N) is 1. The Kier molecular flexibility index (Phi) is 5.04. The number of para-hydroxylation sites is 1. The van der Waals surface area contributed by atoms with Gasteiger partial charge in [-0.15, -0.1) is 0 Å². The number of fused-ring (bicyclic) bond motifs is 1. The second-order valence-electron chi connectivity index (χ2n) is 6.15. The van der Waals surface area contributed by atoms with Crippen LogP contribution in [0.25, 0.3) is 22.3 Å². The minimum Gasteiger partial charge on any atom is -0.267 e. The number of halogens is 2. The van der Waals surface area contributed by atoms with Crippen molar-refractivity contribution in [2.24, 2.45) is 0 Å². The van der Waals surface area contributed by atoms with Crippen LogP contribution in [0.2, 0.25) is 10.0 Å². The lowest BCUT2D eigenvalue weighted by Gasteiger charge is -2.16. The van der Waals surface area contributed by atoms with Crippen molar-refractivity contribution in [1.29, 1.82) is 0 Å². The average molecular weight is 446 g/mol. The largest absolute Gasteiger partial charge is 0.281 e. The average Bonchev–Trinajstić information content (AvgIpc) is 2.70. The van der Waals surface area contributed by atoms with Gasteiger partial charge in [-0.3, -0.25) is 4.79 Å². The van der Waals surface area contributed by atoms with E-state index in [4.69, 9.17) is 23.2 Å². The molecule has 0 unspecified atom stereocenters. The van der Waals surface area contributed by atoms with Gasteiger partial charge >= 0.3 is 0 Å². The van der Waals surface area contributed by atoms with Crippen molar-refractivity contribution in [3.63, 3.8) is 0 Å². The van der Waals surface area contributed by atoms with Gasteiger partial charge in [-0.25, -0.2) is 9.82 Å². The highest BCUT2D eigenvalue weighted by molar-refractivity contribution is 7.92. The van der Waals surface area contributed by atoms with Gasteiger partial charge < -0.3 is 0 Å². The molecule has 146 valence electrons. The fourth-order valence-corrected chi connectivity index (χ4v) is 4.15. The quantitative estimate of drug-likeness (QED) is 0.507. The molecule has 0 bridgehead atoms. The normalized spacial score (nSPS) is 11.5. The number of benzene rings is 3. The van der Waals surface area contributed by atoms with E-state index in [1.54, 1.807) is 48.5 Å². The summed E-state index contributed by atoms with van der Waals surface area (Å²) in [5.41, 5.74) is 0.372. The van der Waals surface area contributed by atoms with Gasteiger partial charge in [0.1, 0.15) is 0 Å². The minimum atomic E-state index is -4.08. The Labute approximate surface area is 176 Å². The second kappa shape index (κ2) is 7.51. The van der Waals surface area contributed by atoms with Crippen molar-refractivity contribution in [3.05, 3.63) is 93.2 Å². The molecule has 1 aromatic heterocycles. The Morgan fingerprint density at radius 1 is 0.862 bits per heavy atom. The predicted molar refractivity (Wildman–Crippen MR) is 114 cm³/mol. The molecule has 1 heterocycles. The third kappa shape index (κ3) is 3.85. The second-order valence-corrected chi connectivity index (χ2v) is 8.69. The lowest BCUT2D eigenvalue weighted by molar-refractivity contribution is 0.594. The Balaban J connectivity index is 1.95. The van der Waals surface area contributed by atoms with Gasteiger partial charge in [0, 0.05) is 15.6 Å². The fourth-order valence-electron chi connectivity index (χ4n) is 2.83. The van der Waals surface area contributed by atoms with Crippen LogP contribution >= 0.6 is 23.2 Å². The van der Waals surface area contributed by atoms with Crippen LogP contribution < -0.4 is 10.4 Å². The van der Waals surface area contributed by atoms with E-state index in [1.807, 2.05) is 0 Å². The zero-order valence-corrected chi connectivity index (χ0v) is 17.0. The van der Waals surface area contributed by atoms with Crippen molar-refractivity contribution < 1.29 is 8.42 Å². The summed E-state index contributed by atoms with van der Waals surface area (Å²) in [6.07, 6.45) is 0. The van der Waals surface area contributed by atoms with E-state index in [0.29, 0.717) is 21.1 Å². The van der Waals surface area contributed by atoms with E-state index in [1.165, 1.54) is 24.3 Å². The molecule has 0 fully saturated rings. The summed E-state index contributed by atoms with van der Waals surface area (Å²) >= 11 is 11.9. The SMILES string of the molecule is O=c1c2ccccc2nc(-c2cccc(Cl)c2)n1NS(=O)(=O)c1ccc(Cl)cc1. The van der Waals surface area contributed by atoms with Crippen LogP contribution in [-0.4, -0.2) is 18.1 Å². The predicted octanol–water partition coefficient (Wildman–Crippen LogP) is 4.30. The summed E-state index contributed by atoms with van der Waals surface area (Å²) < 4.78 is 26.7. The molecule has 1 N–H and O–H groups in total. The first kappa shape index (κ1) is 19.4. The van der Waals surface area contributed by atoms with Crippen LogP contribution in [0.5, 0.6) is 0 Å². The highest BCUT2D eigenvalue weighted by atomic mass is 35.5. The standard InChI is InChI=1S/C20H13Cl2N3O3S/c21-14-8-10-16(11-9-14)29(27,28)24-25-19(13-4-3-5-15(22)12-13)23-18-7-2-1-6-17(18)20(25)26/h1-12,24H. The molecule has 0 aliphatic carbocycles. The van der Waals surface area contributed by atoms with Crippen molar-refractivity contribution in [3.8, 4) is 11.4 Å². The van der Waals surface area contributed by atoms with E-state index < -0.39 is 15.6 Å². The van der Waals surface area contributed by atoms with E-state index in [9.17, 15) is 13.2 Å². The highest BCUT2D eigenvalue weighted by Gasteiger charge is 2.20. The van der Waals surface area contributed by atoms with Crippen LogP contribution in [0, 0.1) is 0 Å². The van der Waals surface area contributed by atoms with Crippen LogP contribution in [0.15, 0.2) is 82.5 Å². The molecule has 4 aromatic rings. The van der Waals surface area contributed by atoms with Crippen LogP contribution in [0.1, 0.15) is 0 Å². The Morgan fingerprint density at radius 3 is 2.31 bits per heavy atom. The van der Waals surface area contributed by atoms with Gasteiger partial charge in [0.15, 0.2) is 5.82 Å². The number of aromatic nitrogens is 2. The van der Waals surface area contributed by atoms with E-state index in [2.05, 4.69) is 9.82 Å². The summed E-state index contributed by atoms with van der Waals surface area (Å²) in [4.78, 5) is 19.9. The molecular formula is C20H13Cl2N3O3S. The molecule has 0 radical (unpaired) electrons. The highest BCUT2D eigenvalue weighted by Crippen LogP contribution is 2.22. The first-order valence-corrected chi connectivity index (χ1v) is 10.7. The van der Waals surface area contributed by atoms with Gasteiger partial charge in [0.2, 0.25) is 0 Å². The third-order valence-electron chi connectivity index (χ3n) is 4.19. The zero-order chi connectivity index (χ0) is 20.6. The summed E-state index contributed by atoms with van der Waals surface area (Å²) in [5.74, 6) is 0.119. The van der Waals surface area contributed by atoms with Crippen molar-refractivity contribution in [1.82, 2.24) is 9.66 Å². The monoisotopic (exact) mass is 445 g/mol. The van der Waals surface area contributed by atoms with E-state index >= 15 is 0 Å². The molecule has 9 heteroatoms. The summed E-state index contributed by atoms with van der Waals surface area (Å²) in [7, 11) is -4.08. The maximum atomic E-state index is 13.1. The fraction of sp³-hybridized carbons (Fsp3) is 0. The molecule has 0 saturated heterocycles. The summed E-state index contributed by atoms with van der Waals surface area (Å²) in [6, 6.07) is 19.0. The first-order valence-electron chi connectivity index (χ1n) is 8.41. The Morgan fingerprint density at radius 2 is 1.59 bits per heavy atom. The van der Waals surface area contributed by atoms with E-state index in [-0.39, 0.29) is 16.1 Å². The molecule has 0 spiro atoms. The minimum absolute atomic E-state index is 0.0426.